The average Bonchev–Trinajstić information content (AvgIpc) is 2.57. The largest absolute Gasteiger partial charge is 0.462 e. The third-order valence-corrected chi connectivity index (χ3v) is 3.79. The predicted molar refractivity (Wildman–Crippen MR) is 81.9 cm³/mol. The fourth-order valence-electron chi connectivity index (χ4n) is 2.63. The van der Waals surface area contributed by atoms with E-state index in [1.807, 2.05) is 0 Å². The molecule has 9 nitrogen and oxygen atoms in total. The van der Waals surface area contributed by atoms with Crippen molar-refractivity contribution in [2.75, 3.05) is 27.9 Å². The maximum atomic E-state index is 10.7. The minimum Gasteiger partial charge on any atom is -0.462 e. The molecule has 0 amide bonds. The molecule has 1 aromatic carbocycles. The van der Waals surface area contributed by atoms with Gasteiger partial charge in [-0.1, -0.05) is 0 Å². The molecule has 0 spiro atoms. The number of nitro benzene ring substituents is 1. The topological polar surface area (TPSA) is 110 Å². The van der Waals surface area contributed by atoms with Gasteiger partial charge in [-0.15, -0.1) is 0 Å². The number of methoxy groups -OCH3 is 3. The molecule has 1 aliphatic heterocycles. The molecular weight excluding hydrogens is 322 g/mol. The Labute approximate surface area is 139 Å². The first-order valence-corrected chi connectivity index (χ1v) is 7.31. The summed E-state index contributed by atoms with van der Waals surface area (Å²) in [5.41, 5.74) is -0.0565. The molecule has 1 fully saturated rings. The molecule has 1 N–H and O–H groups in total. The fraction of sp³-hybridized carbons (Fsp3) is 0.600. The number of ether oxygens (including phenoxy) is 5. The minimum atomic E-state index is -1.11. The van der Waals surface area contributed by atoms with Crippen LogP contribution in [0.5, 0.6) is 5.75 Å². The Morgan fingerprint density at radius 3 is 2.29 bits per heavy atom. The van der Waals surface area contributed by atoms with Crippen LogP contribution in [-0.2, 0) is 18.9 Å². The summed E-state index contributed by atoms with van der Waals surface area (Å²) >= 11 is 0. The molecule has 1 aromatic rings. The number of non-ortho nitro benzene ring substituents is 1. The van der Waals surface area contributed by atoms with Crippen LogP contribution in [0.2, 0.25) is 0 Å². The predicted octanol–water partition coefficient (Wildman–Crippen LogP) is 0.736. The minimum absolute atomic E-state index is 0.0565. The van der Waals surface area contributed by atoms with E-state index < -0.39 is 35.6 Å². The zero-order valence-electron chi connectivity index (χ0n) is 13.7. The van der Waals surface area contributed by atoms with Crippen molar-refractivity contribution in [3.8, 4) is 5.75 Å². The third kappa shape index (κ3) is 4.00. The Morgan fingerprint density at radius 2 is 1.79 bits per heavy atom. The first-order chi connectivity index (χ1) is 11.5. The van der Waals surface area contributed by atoms with Gasteiger partial charge in [0, 0.05) is 33.5 Å². The fourth-order valence-corrected chi connectivity index (χ4v) is 2.63. The standard InChI is InChI=1S/C15H21NO8/c1-20-8-11-13(21-2)14(22-3)12(17)15(24-11)23-10-6-4-9(5-7-10)16(18)19/h4-7,11-15,17H,8H2,1-3H3/t11-,12-,13-,14-,15+/m1/s1. The second-order valence-corrected chi connectivity index (χ2v) is 5.26. The van der Waals surface area contributed by atoms with Gasteiger partial charge >= 0.3 is 0 Å². The van der Waals surface area contributed by atoms with Gasteiger partial charge in [-0.05, 0) is 12.1 Å². The maximum Gasteiger partial charge on any atom is 0.269 e. The Morgan fingerprint density at radius 1 is 1.17 bits per heavy atom. The van der Waals surface area contributed by atoms with Crippen molar-refractivity contribution in [1.82, 2.24) is 0 Å². The van der Waals surface area contributed by atoms with Crippen LogP contribution in [0.4, 0.5) is 5.69 Å². The number of hydrogen-bond donors (Lipinski definition) is 1. The highest BCUT2D eigenvalue weighted by Gasteiger charge is 2.47. The Kier molecular flexibility index (Phi) is 6.46. The molecule has 0 aliphatic carbocycles. The first kappa shape index (κ1) is 18.6. The normalized spacial score (nSPS) is 30.1. The molecule has 1 saturated heterocycles. The molecule has 0 radical (unpaired) electrons. The zero-order chi connectivity index (χ0) is 17.7. The van der Waals surface area contributed by atoms with Gasteiger partial charge in [-0.3, -0.25) is 10.1 Å². The summed E-state index contributed by atoms with van der Waals surface area (Å²) in [6.45, 7) is 0.227. The van der Waals surface area contributed by atoms with E-state index in [0.29, 0.717) is 5.75 Å². The highest BCUT2D eigenvalue weighted by atomic mass is 16.7. The van der Waals surface area contributed by atoms with Crippen molar-refractivity contribution in [2.24, 2.45) is 0 Å². The van der Waals surface area contributed by atoms with Crippen LogP contribution in [0.25, 0.3) is 0 Å². The Hall–Kier alpha value is -1.78. The number of hydrogen-bond acceptors (Lipinski definition) is 8. The molecule has 2 rings (SSSR count). The van der Waals surface area contributed by atoms with Gasteiger partial charge < -0.3 is 28.8 Å². The Bertz CT molecular complexity index is 537. The van der Waals surface area contributed by atoms with E-state index in [4.69, 9.17) is 23.7 Å². The lowest BCUT2D eigenvalue weighted by Gasteiger charge is -2.42. The molecule has 0 aromatic heterocycles. The molecule has 5 atom stereocenters. The van der Waals surface area contributed by atoms with E-state index in [-0.39, 0.29) is 12.3 Å². The van der Waals surface area contributed by atoms with Crippen LogP contribution in [-0.4, -0.2) is 68.7 Å². The molecule has 1 heterocycles. The lowest BCUT2D eigenvalue weighted by Crippen LogP contribution is -2.61. The molecule has 1 aliphatic rings. The Balaban J connectivity index is 2.14. The van der Waals surface area contributed by atoms with Crippen LogP contribution in [0.1, 0.15) is 0 Å². The van der Waals surface area contributed by atoms with E-state index in [1.165, 1.54) is 45.6 Å². The van der Waals surface area contributed by atoms with Crippen LogP contribution >= 0.6 is 0 Å². The van der Waals surface area contributed by atoms with Gasteiger partial charge in [-0.2, -0.15) is 0 Å². The van der Waals surface area contributed by atoms with Crippen molar-refractivity contribution in [3.05, 3.63) is 34.4 Å². The van der Waals surface area contributed by atoms with Gasteiger partial charge in [0.15, 0.2) is 0 Å². The second kappa shape index (κ2) is 8.36. The van der Waals surface area contributed by atoms with Crippen molar-refractivity contribution >= 4 is 5.69 Å². The summed E-state index contributed by atoms with van der Waals surface area (Å²) in [7, 11) is 4.47. The number of aliphatic hydroxyl groups excluding tert-OH is 1. The summed E-state index contributed by atoms with van der Waals surface area (Å²) in [6, 6.07) is 5.49. The van der Waals surface area contributed by atoms with Gasteiger partial charge in [0.1, 0.15) is 30.2 Å². The highest BCUT2D eigenvalue weighted by Crippen LogP contribution is 2.28. The number of nitro groups is 1. The SMILES string of the molecule is COC[C@H]1O[C@H](Oc2ccc([N+](=O)[O-])cc2)[C@H](O)[C@@H](OC)[C@@H]1OC. The van der Waals surface area contributed by atoms with Crippen molar-refractivity contribution in [3.63, 3.8) is 0 Å². The van der Waals surface area contributed by atoms with E-state index >= 15 is 0 Å². The molecule has 0 unspecified atom stereocenters. The van der Waals surface area contributed by atoms with Gasteiger partial charge in [-0.25, -0.2) is 0 Å². The second-order valence-electron chi connectivity index (χ2n) is 5.26. The molecule has 0 saturated carbocycles. The van der Waals surface area contributed by atoms with Crippen LogP contribution in [0.15, 0.2) is 24.3 Å². The lowest BCUT2D eigenvalue weighted by atomic mass is 9.98. The lowest BCUT2D eigenvalue weighted by molar-refractivity contribution is -0.384. The molecule has 9 heteroatoms. The molecule has 24 heavy (non-hydrogen) atoms. The monoisotopic (exact) mass is 343 g/mol. The van der Waals surface area contributed by atoms with Gasteiger partial charge in [0.25, 0.3) is 5.69 Å². The van der Waals surface area contributed by atoms with E-state index in [1.54, 1.807) is 0 Å². The number of aliphatic hydroxyl groups is 1. The summed E-state index contributed by atoms with van der Waals surface area (Å²) in [4.78, 5) is 10.2. The number of benzene rings is 1. The maximum absolute atomic E-state index is 10.7. The van der Waals surface area contributed by atoms with Gasteiger partial charge in [0.2, 0.25) is 6.29 Å². The third-order valence-electron chi connectivity index (χ3n) is 3.79. The number of rotatable bonds is 7. The van der Waals surface area contributed by atoms with E-state index in [0.717, 1.165) is 0 Å². The molecule has 134 valence electrons. The number of nitrogens with zero attached hydrogens (tertiary/aromatic N) is 1. The zero-order valence-corrected chi connectivity index (χ0v) is 13.7. The van der Waals surface area contributed by atoms with Crippen molar-refractivity contribution in [2.45, 2.75) is 30.7 Å². The summed E-state index contributed by atoms with van der Waals surface area (Å²) in [5, 5.41) is 21.1. The summed E-state index contributed by atoms with van der Waals surface area (Å²) in [6.07, 6.45) is -3.84. The summed E-state index contributed by atoms with van der Waals surface area (Å²) in [5.74, 6) is 0.325. The van der Waals surface area contributed by atoms with Crippen LogP contribution in [0, 0.1) is 10.1 Å². The molecular formula is C15H21NO8. The summed E-state index contributed by atoms with van der Waals surface area (Å²) < 4.78 is 27.1. The van der Waals surface area contributed by atoms with Crippen LogP contribution < -0.4 is 4.74 Å². The smallest absolute Gasteiger partial charge is 0.269 e. The van der Waals surface area contributed by atoms with E-state index in [9.17, 15) is 15.2 Å². The van der Waals surface area contributed by atoms with Gasteiger partial charge in [0.05, 0.1) is 11.5 Å². The van der Waals surface area contributed by atoms with Crippen LogP contribution in [0.3, 0.4) is 0 Å². The van der Waals surface area contributed by atoms with E-state index in [2.05, 4.69) is 0 Å². The average molecular weight is 343 g/mol. The molecule has 0 bridgehead atoms. The highest BCUT2D eigenvalue weighted by molar-refractivity contribution is 5.36. The quantitative estimate of drug-likeness (QED) is 0.570. The van der Waals surface area contributed by atoms with Crippen molar-refractivity contribution in [1.29, 1.82) is 0 Å². The first-order valence-electron chi connectivity index (χ1n) is 7.31. The van der Waals surface area contributed by atoms with Crippen molar-refractivity contribution < 1.29 is 33.7 Å².